The largest absolute Gasteiger partial charge is 0.384 e. The molecule has 0 aliphatic carbocycles. The van der Waals surface area contributed by atoms with Crippen LogP contribution in [0.25, 0.3) is 10.2 Å². The second kappa shape index (κ2) is 6.64. The van der Waals surface area contributed by atoms with Gasteiger partial charge in [0, 0.05) is 19.2 Å². The minimum atomic E-state index is -0.423. The molecule has 0 unspecified atom stereocenters. The molecule has 0 saturated carbocycles. The van der Waals surface area contributed by atoms with E-state index >= 15 is 0 Å². The molecule has 3 aromatic rings. The summed E-state index contributed by atoms with van der Waals surface area (Å²) in [5.74, 6) is 2.13. The van der Waals surface area contributed by atoms with Gasteiger partial charge in [0.25, 0.3) is 0 Å². The predicted molar refractivity (Wildman–Crippen MR) is 102 cm³/mol. The highest BCUT2D eigenvalue weighted by Crippen LogP contribution is 2.37. The molecule has 1 saturated heterocycles. The topological polar surface area (TPSA) is 92.9 Å². The zero-order valence-corrected chi connectivity index (χ0v) is 15.4. The van der Waals surface area contributed by atoms with Crippen molar-refractivity contribution in [3.8, 4) is 0 Å². The third kappa shape index (κ3) is 3.26. The van der Waals surface area contributed by atoms with E-state index in [9.17, 15) is 4.39 Å². The maximum Gasteiger partial charge on any atom is 0.186 e. The van der Waals surface area contributed by atoms with E-state index in [2.05, 4.69) is 44.0 Å². The average Bonchev–Trinajstić information content (AvgIpc) is 3.03. The van der Waals surface area contributed by atoms with Gasteiger partial charge in [-0.25, -0.2) is 24.3 Å². The fraction of sp³-hybridized carbons (Fsp3) is 0.412. The van der Waals surface area contributed by atoms with E-state index in [1.165, 1.54) is 30.3 Å². The van der Waals surface area contributed by atoms with Crippen LogP contribution in [0.15, 0.2) is 18.6 Å². The van der Waals surface area contributed by atoms with Crippen molar-refractivity contribution in [2.45, 2.75) is 20.3 Å². The van der Waals surface area contributed by atoms with Crippen molar-refractivity contribution < 1.29 is 4.39 Å². The smallest absolute Gasteiger partial charge is 0.186 e. The number of pyridine rings is 1. The molecule has 0 aromatic carbocycles. The summed E-state index contributed by atoms with van der Waals surface area (Å²) in [6.45, 7) is 6.35. The summed E-state index contributed by atoms with van der Waals surface area (Å²) >= 11 is 1.45. The first-order valence-electron chi connectivity index (χ1n) is 8.54. The van der Waals surface area contributed by atoms with Crippen LogP contribution in [0.2, 0.25) is 0 Å². The van der Waals surface area contributed by atoms with Crippen LogP contribution in [0, 0.1) is 17.7 Å². The van der Waals surface area contributed by atoms with Gasteiger partial charge in [-0.2, -0.15) is 0 Å². The zero-order valence-electron chi connectivity index (χ0n) is 14.6. The summed E-state index contributed by atoms with van der Waals surface area (Å²) in [5, 5.41) is 3.92. The Labute approximate surface area is 154 Å². The molecule has 4 heterocycles. The van der Waals surface area contributed by atoms with Crippen LogP contribution in [0.3, 0.4) is 0 Å². The molecule has 1 fully saturated rings. The van der Waals surface area contributed by atoms with Crippen molar-refractivity contribution in [2.24, 2.45) is 11.8 Å². The number of nitrogen functional groups attached to an aromatic ring is 1. The quantitative estimate of drug-likeness (QED) is 0.726. The number of fused-ring (bicyclic) bond motifs is 1. The molecule has 136 valence electrons. The van der Waals surface area contributed by atoms with Crippen molar-refractivity contribution in [3.63, 3.8) is 0 Å². The minimum Gasteiger partial charge on any atom is -0.384 e. The fourth-order valence-electron chi connectivity index (χ4n) is 3.48. The maximum atomic E-state index is 14.3. The predicted octanol–water partition coefficient (Wildman–Crippen LogP) is 3.43. The van der Waals surface area contributed by atoms with Gasteiger partial charge in [0.1, 0.15) is 28.2 Å². The van der Waals surface area contributed by atoms with E-state index < -0.39 is 5.82 Å². The van der Waals surface area contributed by atoms with E-state index in [4.69, 9.17) is 5.73 Å². The molecule has 1 aliphatic heterocycles. The van der Waals surface area contributed by atoms with Gasteiger partial charge >= 0.3 is 0 Å². The molecule has 3 N–H and O–H groups in total. The molecule has 0 spiro atoms. The number of halogens is 1. The molecule has 1 aliphatic rings. The number of nitrogens with one attached hydrogen (secondary N) is 1. The second-order valence-electron chi connectivity index (χ2n) is 6.93. The van der Waals surface area contributed by atoms with Gasteiger partial charge in [-0.3, -0.25) is 0 Å². The molecule has 4 rings (SSSR count). The van der Waals surface area contributed by atoms with Crippen LogP contribution in [-0.2, 0) is 0 Å². The number of thiazole rings is 1. The normalized spacial score (nSPS) is 20.5. The molecule has 7 nitrogen and oxygen atoms in total. The van der Waals surface area contributed by atoms with Crippen molar-refractivity contribution in [2.75, 3.05) is 29.0 Å². The third-order valence-corrected chi connectivity index (χ3v) is 5.56. The van der Waals surface area contributed by atoms with Gasteiger partial charge in [0.05, 0.1) is 6.20 Å². The first-order valence-corrected chi connectivity index (χ1v) is 9.35. The van der Waals surface area contributed by atoms with Gasteiger partial charge in [-0.15, -0.1) is 0 Å². The van der Waals surface area contributed by atoms with Crippen LogP contribution < -0.4 is 16.0 Å². The molecule has 9 heteroatoms. The van der Waals surface area contributed by atoms with Crippen molar-refractivity contribution in [3.05, 3.63) is 24.4 Å². The summed E-state index contributed by atoms with van der Waals surface area (Å²) in [4.78, 5) is 19.0. The highest BCUT2D eigenvalue weighted by atomic mass is 32.1. The molecular weight excluding hydrogens is 353 g/mol. The van der Waals surface area contributed by atoms with Gasteiger partial charge < -0.3 is 16.0 Å². The second-order valence-corrected chi connectivity index (χ2v) is 7.91. The zero-order chi connectivity index (χ0) is 18.3. The highest BCUT2D eigenvalue weighted by Gasteiger charge is 2.25. The Morgan fingerprint density at radius 3 is 2.73 bits per heavy atom. The standard InChI is InChI=1S/C17H20FN7S/c1-9-3-10(2)7-25(6-9)17-24-14-11(18)5-20-16(15(14)26-17)23-13-4-12(19)21-8-22-13/h4-5,8-10H,3,6-7H2,1-2H3,(H3,19,20,21,22,23)/t9-,10-/m1/s1. The van der Waals surface area contributed by atoms with Gasteiger partial charge in [-0.05, 0) is 18.3 Å². The summed E-state index contributed by atoms with van der Waals surface area (Å²) in [6.07, 6.45) is 3.76. The maximum absolute atomic E-state index is 14.3. The van der Waals surface area contributed by atoms with E-state index in [0.29, 0.717) is 39.5 Å². The van der Waals surface area contributed by atoms with Gasteiger partial charge in [0.2, 0.25) is 0 Å². The molecular formula is C17H20FN7S. The Balaban J connectivity index is 1.71. The number of hydrogen-bond acceptors (Lipinski definition) is 8. The Morgan fingerprint density at radius 2 is 2.00 bits per heavy atom. The number of nitrogens with zero attached hydrogens (tertiary/aromatic N) is 5. The molecule has 26 heavy (non-hydrogen) atoms. The number of aromatic nitrogens is 4. The number of anilines is 4. The Hall–Kier alpha value is -2.55. The van der Waals surface area contributed by atoms with Crippen molar-refractivity contribution >= 4 is 44.1 Å². The Morgan fingerprint density at radius 1 is 1.23 bits per heavy atom. The van der Waals surface area contributed by atoms with Crippen LogP contribution in [0.4, 0.5) is 27.0 Å². The lowest BCUT2D eigenvalue weighted by Gasteiger charge is -2.34. The van der Waals surface area contributed by atoms with Gasteiger partial charge in [0.15, 0.2) is 16.8 Å². The summed E-state index contributed by atoms with van der Waals surface area (Å²) in [7, 11) is 0. The lowest BCUT2D eigenvalue weighted by Crippen LogP contribution is -2.38. The third-order valence-electron chi connectivity index (χ3n) is 4.44. The number of rotatable bonds is 3. The molecule has 0 amide bonds. The number of nitrogens with two attached hydrogens (primary N) is 1. The van der Waals surface area contributed by atoms with Crippen LogP contribution in [0.5, 0.6) is 0 Å². The molecule has 2 atom stereocenters. The first kappa shape index (κ1) is 16.9. The SMILES string of the molecule is C[C@@H]1C[C@@H](C)CN(c2nc3c(F)cnc(Nc4cc(N)ncn4)c3s2)C1. The van der Waals surface area contributed by atoms with E-state index in [0.717, 1.165) is 18.2 Å². The Bertz CT molecular complexity index is 934. The Kier molecular flexibility index (Phi) is 4.31. The van der Waals surface area contributed by atoms with Crippen LogP contribution >= 0.6 is 11.3 Å². The van der Waals surface area contributed by atoms with E-state index in [1.807, 2.05) is 0 Å². The van der Waals surface area contributed by atoms with Crippen molar-refractivity contribution in [1.29, 1.82) is 0 Å². The molecule has 3 aromatic heterocycles. The lowest BCUT2D eigenvalue weighted by molar-refractivity contribution is 0.356. The lowest BCUT2D eigenvalue weighted by atomic mass is 9.92. The number of piperidine rings is 1. The van der Waals surface area contributed by atoms with Crippen molar-refractivity contribution in [1.82, 2.24) is 19.9 Å². The van der Waals surface area contributed by atoms with Gasteiger partial charge in [-0.1, -0.05) is 25.2 Å². The summed E-state index contributed by atoms with van der Waals surface area (Å²) in [6, 6.07) is 1.60. The van der Waals surface area contributed by atoms with Crippen LogP contribution in [-0.4, -0.2) is 33.0 Å². The summed E-state index contributed by atoms with van der Waals surface area (Å²) < 4.78 is 15.0. The molecule has 0 radical (unpaired) electrons. The number of hydrogen-bond donors (Lipinski definition) is 2. The van der Waals surface area contributed by atoms with E-state index in [1.54, 1.807) is 6.07 Å². The van der Waals surface area contributed by atoms with Crippen LogP contribution in [0.1, 0.15) is 20.3 Å². The highest BCUT2D eigenvalue weighted by molar-refractivity contribution is 7.22. The minimum absolute atomic E-state index is 0.329. The fourth-order valence-corrected chi connectivity index (χ4v) is 4.52. The monoisotopic (exact) mass is 373 g/mol. The first-order chi connectivity index (χ1) is 12.5. The molecule has 0 bridgehead atoms. The average molecular weight is 373 g/mol. The van der Waals surface area contributed by atoms with E-state index in [-0.39, 0.29) is 0 Å². The summed E-state index contributed by atoms with van der Waals surface area (Å²) in [5.41, 5.74) is 6.02.